The van der Waals surface area contributed by atoms with E-state index < -0.39 is 10.8 Å². The van der Waals surface area contributed by atoms with Crippen LogP contribution in [0.15, 0.2) is 35.3 Å². The average molecular weight is 348 g/mol. The predicted octanol–water partition coefficient (Wildman–Crippen LogP) is 2.19. The second-order valence-corrected chi connectivity index (χ2v) is 5.81. The predicted molar refractivity (Wildman–Crippen MR) is 92.1 cm³/mol. The van der Waals surface area contributed by atoms with Gasteiger partial charge in [0.15, 0.2) is 5.00 Å². The third-order valence-electron chi connectivity index (χ3n) is 3.13. The maximum Gasteiger partial charge on any atom is 0.347 e. The molecule has 1 N–H and O–H groups in total. The Morgan fingerprint density at radius 1 is 1.42 bits per heavy atom. The number of ether oxygens (including phenoxy) is 1. The molecule has 1 aromatic heterocycles. The zero-order valence-corrected chi connectivity index (χ0v) is 14.2. The van der Waals surface area contributed by atoms with Crippen molar-refractivity contribution < 1.29 is 14.5 Å². The largest absolute Gasteiger partial charge is 0.497 e. The molecule has 1 amide bonds. The molecule has 0 spiro atoms. The molecule has 0 saturated heterocycles. The lowest BCUT2D eigenvalue weighted by molar-refractivity contribution is -0.385. The number of carbonyl (C=O) groups is 1. The SMILES string of the molecule is CN=c1c([N+](=O)[O-])c(NC(=O)/C=C/c2ccc(OC)cc2)sn1C. The summed E-state index contributed by atoms with van der Waals surface area (Å²) in [5, 5.41) is 13.9. The molecule has 8 nitrogen and oxygen atoms in total. The lowest BCUT2D eigenvalue weighted by atomic mass is 10.2. The molecule has 0 saturated carbocycles. The molecule has 1 heterocycles. The van der Waals surface area contributed by atoms with Crippen molar-refractivity contribution in [3.63, 3.8) is 0 Å². The van der Waals surface area contributed by atoms with Crippen LogP contribution in [-0.4, -0.2) is 28.9 Å². The third-order valence-corrected chi connectivity index (χ3v) is 4.05. The zero-order valence-electron chi connectivity index (χ0n) is 13.3. The summed E-state index contributed by atoms with van der Waals surface area (Å²) in [7, 11) is 4.68. The van der Waals surface area contributed by atoms with Crippen LogP contribution < -0.4 is 15.5 Å². The molecule has 2 aromatic rings. The van der Waals surface area contributed by atoms with Crippen LogP contribution in [-0.2, 0) is 11.8 Å². The number of hydrogen-bond donors (Lipinski definition) is 1. The topological polar surface area (TPSA) is 98.8 Å². The van der Waals surface area contributed by atoms with Crippen molar-refractivity contribution in [1.29, 1.82) is 0 Å². The summed E-state index contributed by atoms with van der Waals surface area (Å²) in [6.45, 7) is 0. The molecule has 126 valence electrons. The Balaban J connectivity index is 2.18. The van der Waals surface area contributed by atoms with E-state index in [9.17, 15) is 14.9 Å². The molecule has 0 atom stereocenters. The summed E-state index contributed by atoms with van der Waals surface area (Å²) in [5.74, 6) is 0.257. The van der Waals surface area contributed by atoms with E-state index in [0.717, 1.165) is 17.1 Å². The minimum Gasteiger partial charge on any atom is -0.497 e. The van der Waals surface area contributed by atoms with E-state index in [2.05, 4.69) is 10.3 Å². The Labute approximate surface area is 142 Å². The van der Waals surface area contributed by atoms with Crippen LogP contribution in [0.4, 0.5) is 10.7 Å². The van der Waals surface area contributed by atoms with Gasteiger partial charge in [-0.05, 0) is 35.3 Å². The molecule has 9 heteroatoms. The van der Waals surface area contributed by atoms with E-state index in [4.69, 9.17) is 4.74 Å². The highest BCUT2D eigenvalue weighted by atomic mass is 32.1. The number of anilines is 1. The van der Waals surface area contributed by atoms with Gasteiger partial charge in [-0.2, -0.15) is 0 Å². The number of nitrogens with zero attached hydrogens (tertiary/aromatic N) is 3. The van der Waals surface area contributed by atoms with Crippen molar-refractivity contribution in [2.75, 3.05) is 19.5 Å². The number of nitrogens with one attached hydrogen (secondary N) is 1. The van der Waals surface area contributed by atoms with Gasteiger partial charge < -0.3 is 10.1 Å². The smallest absolute Gasteiger partial charge is 0.347 e. The summed E-state index contributed by atoms with van der Waals surface area (Å²) in [6.07, 6.45) is 2.92. The molecule has 1 aromatic carbocycles. The molecule has 2 rings (SSSR count). The highest BCUT2D eigenvalue weighted by Gasteiger charge is 2.23. The van der Waals surface area contributed by atoms with Gasteiger partial charge in [0.25, 0.3) is 0 Å². The number of rotatable bonds is 5. The molecule has 0 aliphatic rings. The molecule has 0 bridgehead atoms. The van der Waals surface area contributed by atoms with Crippen LogP contribution in [0.5, 0.6) is 5.75 Å². The van der Waals surface area contributed by atoms with Crippen LogP contribution >= 0.6 is 11.5 Å². The van der Waals surface area contributed by atoms with Gasteiger partial charge >= 0.3 is 5.69 Å². The average Bonchev–Trinajstić information content (AvgIpc) is 2.88. The molecular weight excluding hydrogens is 332 g/mol. The molecule has 0 radical (unpaired) electrons. The normalized spacial score (nSPS) is 11.7. The van der Waals surface area contributed by atoms with Crippen molar-refractivity contribution in [2.24, 2.45) is 12.0 Å². The summed E-state index contributed by atoms with van der Waals surface area (Å²) in [6, 6.07) is 7.14. The van der Waals surface area contributed by atoms with Gasteiger partial charge in [0.05, 0.1) is 12.0 Å². The lowest BCUT2D eigenvalue weighted by Gasteiger charge is -1.99. The highest BCUT2D eigenvalue weighted by Crippen LogP contribution is 2.25. The van der Waals surface area contributed by atoms with Crippen LogP contribution in [0.1, 0.15) is 5.56 Å². The third kappa shape index (κ3) is 3.87. The fraction of sp³-hybridized carbons (Fsp3) is 0.200. The number of aryl methyl sites for hydroxylation is 1. The Morgan fingerprint density at radius 2 is 2.08 bits per heavy atom. The van der Waals surface area contributed by atoms with Crippen LogP contribution in [0.25, 0.3) is 6.08 Å². The second kappa shape index (κ2) is 7.55. The fourth-order valence-electron chi connectivity index (χ4n) is 2.01. The van der Waals surface area contributed by atoms with Gasteiger partial charge in [0.2, 0.25) is 11.4 Å². The summed E-state index contributed by atoms with van der Waals surface area (Å²) in [4.78, 5) is 26.5. The van der Waals surface area contributed by atoms with E-state index in [-0.39, 0.29) is 16.2 Å². The molecule has 0 unspecified atom stereocenters. The molecule has 0 fully saturated rings. The quantitative estimate of drug-likeness (QED) is 0.508. The van der Waals surface area contributed by atoms with Gasteiger partial charge in [-0.3, -0.25) is 23.9 Å². The summed E-state index contributed by atoms with van der Waals surface area (Å²) < 4.78 is 6.59. The van der Waals surface area contributed by atoms with Crippen molar-refractivity contribution in [1.82, 2.24) is 3.96 Å². The van der Waals surface area contributed by atoms with Crippen molar-refractivity contribution in [2.45, 2.75) is 0 Å². The monoisotopic (exact) mass is 348 g/mol. The molecule has 0 aliphatic carbocycles. The number of methoxy groups -OCH3 is 1. The first-order valence-corrected chi connectivity index (χ1v) is 7.64. The second-order valence-electron chi connectivity index (χ2n) is 4.67. The molecular formula is C15H16N4O4S. The first-order valence-electron chi connectivity index (χ1n) is 6.87. The van der Waals surface area contributed by atoms with Gasteiger partial charge in [-0.25, -0.2) is 0 Å². The zero-order chi connectivity index (χ0) is 17.7. The minimum absolute atomic E-state index is 0.146. The van der Waals surface area contributed by atoms with Gasteiger partial charge in [0.1, 0.15) is 5.75 Å². The van der Waals surface area contributed by atoms with E-state index >= 15 is 0 Å². The van der Waals surface area contributed by atoms with Gasteiger partial charge in [0, 0.05) is 20.2 Å². The number of nitro groups is 1. The fourth-order valence-corrected chi connectivity index (χ4v) is 2.93. The van der Waals surface area contributed by atoms with Crippen LogP contribution in [0.3, 0.4) is 0 Å². The van der Waals surface area contributed by atoms with Gasteiger partial charge in [-0.15, -0.1) is 0 Å². The lowest BCUT2D eigenvalue weighted by Crippen LogP contribution is -2.15. The number of amides is 1. The van der Waals surface area contributed by atoms with Crippen LogP contribution in [0, 0.1) is 10.1 Å². The van der Waals surface area contributed by atoms with Gasteiger partial charge in [-0.1, -0.05) is 12.1 Å². The highest BCUT2D eigenvalue weighted by molar-refractivity contribution is 7.11. The van der Waals surface area contributed by atoms with E-state index in [1.54, 1.807) is 44.5 Å². The number of hydrogen-bond acceptors (Lipinski definition) is 6. The van der Waals surface area contributed by atoms with Crippen LogP contribution in [0.2, 0.25) is 0 Å². The summed E-state index contributed by atoms with van der Waals surface area (Å²) >= 11 is 1.05. The molecule has 24 heavy (non-hydrogen) atoms. The maximum atomic E-state index is 12.0. The van der Waals surface area contributed by atoms with E-state index in [0.29, 0.717) is 5.75 Å². The van der Waals surface area contributed by atoms with Crippen molar-refractivity contribution in [3.05, 3.63) is 51.5 Å². The van der Waals surface area contributed by atoms with E-state index in [1.165, 1.54) is 17.1 Å². The number of aromatic nitrogens is 1. The Kier molecular flexibility index (Phi) is 5.48. The standard InChI is InChI=1S/C15H16N4O4S/c1-16-14-13(19(21)22)15(24-18(14)2)17-12(20)9-6-10-4-7-11(23-3)8-5-10/h4-9H,1-3H3,(H,17,20)/b9-6+,16-14?. The Bertz CT molecular complexity index is 849. The maximum absolute atomic E-state index is 12.0. The van der Waals surface area contributed by atoms with Crippen molar-refractivity contribution >= 4 is 34.2 Å². The Hall–Kier alpha value is -2.94. The Morgan fingerprint density at radius 3 is 2.62 bits per heavy atom. The number of carbonyl (C=O) groups excluding carboxylic acids is 1. The van der Waals surface area contributed by atoms with E-state index in [1.807, 2.05) is 0 Å². The number of benzene rings is 1. The first kappa shape index (κ1) is 17.4. The molecule has 0 aliphatic heterocycles. The minimum atomic E-state index is -0.554. The van der Waals surface area contributed by atoms with Crippen molar-refractivity contribution in [3.8, 4) is 5.75 Å². The summed E-state index contributed by atoms with van der Waals surface area (Å²) in [5.41, 5.74) is 0.803. The first-order chi connectivity index (χ1) is 11.5.